The minimum atomic E-state index is 0.0482. The minimum Gasteiger partial charge on any atom is -0.306 e. The quantitative estimate of drug-likeness (QED) is 0.717. The first-order valence-corrected chi connectivity index (χ1v) is 11.3. The molecule has 1 N–H and O–H groups in total. The number of benzene rings is 1. The number of hydrogen-bond donors (Lipinski definition) is 1. The van der Waals surface area contributed by atoms with Gasteiger partial charge in [-0.3, -0.25) is 4.79 Å². The van der Waals surface area contributed by atoms with Crippen LogP contribution in [0.4, 0.5) is 0 Å². The monoisotopic (exact) mass is 406 g/mol. The molecule has 2 aromatic heterocycles. The third-order valence-electron chi connectivity index (χ3n) is 6.58. The first kappa shape index (κ1) is 18.7. The van der Waals surface area contributed by atoms with E-state index < -0.39 is 0 Å². The van der Waals surface area contributed by atoms with Gasteiger partial charge in [-0.05, 0) is 45.7 Å². The van der Waals surface area contributed by atoms with E-state index in [-0.39, 0.29) is 11.0 Å². The Morgan fingerprint density at radius 1 is 1.14 bits per heavy atom. The van der Waals surface area contributed by atoms with E-state index in [4.69, 9.17) is 4.98 Å². The highest BCUT2D eigenvalue weighted by Gasteiger charge is 2.43. The molecule has 0 radical (unpaired) electrons. The lowest BCUT2D eigenvalue weighted by atomic mass is 9.76. The maximum atomic E-state index is 12.7. The van der Waals surface area contributed by atoms with Crippen LogP contribution < -0.4 is 5.56 Å². The smallest absolute Gasteiger partial charge is 0.254 e. The number of piperidine rings is 1. The van der Waals surface area contributed by atoms with Gasteiger partial charge in [-0.1, -0.05) is 30.3 Å². The first-order chi connectivity index (χ1) is 14.1. The standard InChI is InChI=1S/C23H26N4OS/c1-16-24-18(15-29-16)8-12-27-13-10-23(11-14-27)9-7-19-20(23)25-21(26-22(19)28)17-5-3-2-4-6-17/h2-6,15H,7-14H2,1H3,(H,25,26,28). The molecule has 29 heavy (non-hydrogen) atoms. The van der Waals surface area contributed by atoms with Crippen LogP contribution in [0.15, 0.2) is 40.5 Å². The van der Waals surface area contributed by atoms with Crippen molar-refractivity contribution in [3.05, 3.63) is 68.0 Å². The Labute approximate surface area is 174 Å². The fourth-order valence-corrected chi connectivity index (χ4v) is 5.52. The van der Waals surface area contributed by atoms with Crippen molar-refractivity contribution in [2.24, 2.45) is 0 Å². The Kier molecular flexibility index (Phi) is 4.84. The summed E-state index contributed by atoms with van der Waals surface area (Å²) in [6.07, 6.45) is 5.09. The number of nitrogens with one attached hydrogen (secondary N) is 1. The zero-order valence-corrected chi connectivity index (χ0v) is 17.6. The van der Waals surface area contributed by atoms with Gasteiger partial charge in [0.15, 0.2) is 0 Å². The van der Waals surface area contributed by atoms with E-state index in [0.717, 1.165) is 73.6 Å². The minimum absolute atomic E-state index is 0.0482. The highest BCUT2D eigenvalue weighted by molar-refractivity contribution is 7.09. The van der Waals surface area contributed by atoms with Gasteiger partial charge in [-0.15, -0.1) is 11.3 Å². The topological polar surface area (TPSA) is 61.9 Å². The molecule has 0 unspecified atom stereocenters. The van der Waals surface area contributed by atoms with Gasteiger partial charge in [0, 0.05) is 34.9 Å². The van der Waals surface area contributed by atoms with Crippen molar-refractivity contribution in [1.82, 2.24) is 19.9 Å². The molecular weight excluding hydrogens is 380 g/mol. The van der Waals surface area contributed by atoms with Crippen molar-refractivity contribution in [1.29, 1.82) is 0 Å². The van der Waals surface area contributed by atoms with Gasteiger partial charge in [-0.2, -0.15) is 0 Å². The zero-order valence-electron chi connectivity index (χ0n) is 16.8. The Morgan fingerprint density at radius 2 is 1.93 bits per heavy atom. The summed E-state index contributed by atoms with van der Waals surface area (Å²) in [5.74, 6) is 0.706. The van der Waals surface area contributed by atoms with Crippen LogP contribution in [0.25, 0.3) is 11.4 Å². The molecule has 6 heteroatoms. The molecule has 150 valence electrons. The van der Waals surface area contributed by atoms with Crippen molar-refractivity contribution in [2.45, 2.75) is 44.4 Å². The lowest BCUT2D eigenvalue weighted by Gasteiger charge is -2.39. The molecular formula is C23H26N4OS. The van der Waals surface area contributed by atoms with Gasteiger partial charge in [0.2, 0.25) is 0 Å². The molecule has 1 spiro atoms. The Bertz CT molecular complexity index is 1060. The molecule has 1 fully saturated rings. The number of thiazole rings is 1. The summed E-state index contributed by atoms with van der Waals surface area (Å²) in [6.45, 7) is 5.26. The summed E-state index contributed by atoms with van der Waals surface area (Å²) in [5.41, 5.74) is 4.28. The number of aromatic nitrogens is 3. The van der Waals surface area contributed by atoms with Crippen molar-refractivity contribution in [2.75, 3.05) is 19.6 Å². The molecule has 0 bridgehead atoms. The number of fused-ring (bicyclic) bond motifs is 2. The summed E-state index contributed by atoms with van der Waals surface area (Å²) in [4.78, 5) is 27.9. The van der Waals surface area contributed by atoms with Crippen LogP contribution in [-0.4, -0.2) is 39.5 Å². The van der Waals surface area contributed by atoms with Crippen LogP contribution in [0.5, 0.6) is 0 Å². The Morgan fingerprint density at radius 3 is 2.66 bits per heavy atom. The van der Waals surface area contributed by atoms with E-state index >= 15 is 0 Å². The van der Waals surface area contributed by atoms with Crippen LogP contribution in [0.2, 0.25) is 0 Å². The summed E-state index contributed by atoms with van der Waals surface area (Å²) >= 11 is 1.73. The molecule has 0 saturated carbocycles. The van der Waals surface area contributed by atoms with Crippen LogP contribution in [0.1, 0.15) is 41.2 Å². The summed E-state index contributed by atoms with van der Waals surface area (Å²) < 4.78 is 0. The number of likely N-dealkylation sites (tertiary alicyclic amines) is 1. The Hall–Kier alpha value is -2.31. The lowest BCUT2D eigenvalue weighted by molar-refractivity contribution is 0.157. The molecule has 2 aliphatic rings. The molecule has 3 aromatic rings. The van der Waals surface area contributed by atoms with E-state index in [2.05, 4.69) is 27.2 Å². The third-order valence-corrected chi connectivity index (χ3v) is 7.40. The van der Waals surface area contributed by atoms with E-state index in [9.17, 15) is 4.79 Å². The van der Waals surface area contributed by atoms with Crippen LogP contribution in [-0.2, 0) is 18.3 Å². The van der Waals surface area contributed by atoms with Crippen molar-refractivity contribution < 1.29 is 0 Å². The first-order valence-electron chi connectivity index (χ1n) is 10.5. The van der Waals surface area contributed by atoms with E-state index in [0.29, 0.717) is 5.82 Å². The SMILES string of the molecule is Cc1nc(CCN2CCC3(CCc4c3nc(-c3ccccc3)[nH]c4=O)CC2)cs1. The second-order valence-corrected chi connectivity index (χ2v) is 9.40. The van der Waals surface area contributed by atoms with Crippen molar-refractivity contribution in [3.8, 4) is 11.4 Å². The van der Waals surface area contributed by atoms with E-state index in [1.165, 1.54) is 5.69 Å². The maximum absolute atomic E-state index is 12.7. The van der Waals surface area contributed by atoms with Crippen molar-refractivity contribution >= 4 is 11.3 Å². The van der Waals surface area contributed by atoms with Gasteiger partial charge >= 0.3 is 0 Å². The van der Waals surface area contributed by atoms with Gasteiger partial charge in [0.05, 0.1) is 16.4 Å². The van der Waals surface area contributed by atoms with E-state index in [1.54, 1.807) is 11.3 Å². The fourth-order valence-electron chi connectivity index (χ4n) is 4.87. The number of aromatic amines is 1. The van der Waals surface area contributed by atoms with Gasteiger partial charge in [0.1, 0.15) is 5.82 Å². The second-order valence-electron chi connectivity index (χ2n) is 8.34. The highest BCUT2D eigenvalue weighted by atomic mass is 32.1. The van der Waals surface area contributed by atoms with Crippen LogP contribution in [0.3, 0.4) is 0 Å². The maximum Gasteiger partial charge on any atom is 0.254 e. The molecule has 0 amide bonds. The lowest BCUT2D eigenvalue weighted by Crippen LogP contribution is -2.43. The van der Waals surface area contributed by atoms with Gasteiger partial charge < -0.3 is 9.88 Å². The van der Waals surface area contributed by atoms with Crippen LogP contribution >= 0.6 is 11.3 Å². The molecule has 1 saturated heterocycles. The molecule has 1 aromatic carbocycles. The molecule has 3 heterocycles. The number of rotatable bonds is 4. The molecule has 5 nitrogen and oxygen atoms in total. The van der Waals surface area contributed by atoms with Crippen molar-refractivity contribution in [3.63, 3.8) is 0 Å². The molecule has 1 aliphatic carbocycles. The Balaban J connectivity index is 1.34. The highest BCUT2D eigenvalue weighted by Crippen LogP contribution is 2.44. The number of hydrogen-bond acceptors (Lipinski definition) is 5. The summed E-state index contributed by atoms with van der Waals surface area (Å²) in [5, 5.41) is 3.32. The normalized spacial score (nSPS) is 18.2. The summed E-state index contributed by atoms with van der Waals surface area (Å²) in [7, 11) is 0. The van der Waals surface area contributed by atoms with Gasteiger partial charge in [-0.25, -0.2) is 9.97 Å². The number of H-pyrrole nitrogens is 1. The van der Waals surface area contributed by atoms with Crippen LogP contribution in [0, 0.1) is 6.92 Å². The van der Waals surface area contributed by atoms with E-state index in [1.807, 2.05) is 30.3 Å². The molecule has 0 atom stereocenters. The average molecular weight is 407 g/mol. The second kappa shape index (κ2) is 7.50. The number of nitrogens with zero attached hydrogens (tertiary/aromatic N) is 3. The predicted molar refractivity (Wildman–Crippen MR) is 117 cm³/mol. The number of aryl methyl sites for hydroxylation is 1. The fraction of sp³-hybridized carbons (Fsp3) is 0.435. The third kappa shape index (κ3) is 3.55. The zero-order chi connectivity index (χ0) is 19.8. The predicted octanol–water partition coefficient (Wildman–Crippen LogP) is 3.72. The van der Waals surface area contributed by atoms with Gasteiger partial charge in [0.25, 0.3) is 5.56 Å². The average Bonchev–Trinajstić information content (AvgIpc) is 3.33. The molecule has 5 rings (SSSR count). The largest absolute Gasteiger partial charge is 0.306 e. The molecule has 1 aliphatic heterocycles. The summed E-state index contributed by atoms with van der Waals surface area (Å²) in [6, 6.07) is 9.98.